The average Bonchev–Trinajstić information content (AvgIpc) is 3.18. The number of amides is 1. The molecule has 5 heteroatoms. The third-order valence-corrected chi connectivity index (χ3v) is 4.71. The van der Waals surface area contributed by atoms with Crippen molar-refractivity contribution in [1.29, 1.82) is 0 Å². The Labute approximate surface area is 126 Å². The van der Waals surface area contributed by atoms with Crippen LogP contribution >= 0.6 is 0 Å². The Balaban J connectivity index is 1.59. The maximum Gasteiger partial charge on any atom is 0.228 e. The summed E-state index contributed by atoms with van der Waals surface area (Å²) in [7, 11) is 0. The fraction of sp³-hybridized carbons (Fsp3) is 0.750. The molecule has 0 aromatic carbocycles. The number of hydrogen-bond acceptors (Lipinski definition) is 3. The second-order valence-corrected chi connectivity index (χ2v) is 6.45. The molecule has 1 atom stereocenters. The smallest absolute Gasteiger partial charge is 0.228 e. The molecule has 1 aromatic rings. The number of carbonyl (C=O) groups excluding carboxylic acids is 1. The molecular weight excluding hydrogens is 266 g/mol. The molecule has 0 radical (unpaired) electrons. The first-order chi connectivity index (χ1) is 10.2. The molecule has 2 saturated heterocycles. The van der Waals surface area contributed by atoms with Gasteiger partial charge in [0.15, 0.2) is 0 Å². The minimum Gasteiger partial charge on any atom is -0.381 e. The zero-order chi connectivity index (χ0) is 14.8. The Hall–Kier alpha value is -1.36. The first kappa shape index (κ1) is 14.6. The minimum atomic E-state index is 0.0965. The van der Waals surface area contributed by atoms with Crippen molar-refractivity contribution in [2.45, 2.75) is 45.1 Å². The van der Waals surface area contributed by atoms with Crippen LogP contribution in [0.3, 0.4) is 0 Å². The lowest BCUT2D eigenvalue weighted by atomic mass is 9.94. The summed E-state index contributed by atoms with van der Waals surface area (Å²) in [4.78, 5) is 19.0. The summed E-state index contributed by atoms with van der Waals surface area (Å²) >= 11 is 0. The highest BCUT2D eigenvalue weighted by Crippen LogP contribution is 2.29. The van der Waals surface area contributed by atoms with E-state index in [9.17, 15) is 4.79 Å². The third kappa shape index (κ3) is 2.98. The summed E-state index contributed by atoms with van der Waals surface area (Å²) in [6, 6.07) is 0.442. The summed E-state index contributed by atoms with van der Waals surface area (Å²) in [6.07, 6.45) is 6.87. The summed E-state index contributed by atoms with van der Waals surface area (Å²) in [5, 5.41) is 0. The number of nitrogens with zero attached hydrogens (tertiary/aromatic N) is 3. The van der Waals surface area contributed by atoms with Crippen molar-refractivity contribution in [1.82, 2.24) is 14.5 Å². The van der Waals surface area contributed by atoms with Crippen molar-refractivity contribution in [2.75, 3.05) is 26.3 Å². The molecule has 1 amide bonds. The van der Waals surface area contributed by atoms with Crippen LogP contribution in [0.1, 0.15) is 50.9 Å². The lowest BCUT2D eigenvalue weighted by molar-refractivity contribution is -0.136. The molecule has 0 aliphatic carbocycles. The number of ether oxygens (including phenoxy) is 1. The van der Waals surface area contributed by atoms with Gasteiger partial charge in [0.05, 0.1) is 12.5 Å². The van der Waals surface area contributed by atoms with Crippen LogP contribution < -0.4 is 0 Å². The first-order valence-corrected chi connectivity index (χ1v) is 8.06. The number of piperidine rings is 1. The van der Waals surface area contributed by atoms with E-state index in [0.717, 1.165) is 39.0 Å². The van der Waals surface area contributed by atoms with Gasteiger partial charge in [-0.25, -0.2) is 4.98 Å². The van der Waals surface area contributed by atoms with Crippen molar-refractivity contribution in [3.05, 3.63) is 18.2 Å². The van der Waals surface area contributed by atoms with Crippen LogP contribution in [-0.2, 0) is 9.53 Å². The summed E-state index contributed by atoms with van der Waals surface area (Å²) in [5.41, 5.74) is 0. The molecule has 0 unspecified atom stereocenters. The zero-order valence-electron chi connectivity index (χ0n) is 13.0. The predicted molar refractivity (Wildman–Crippen MR) is 80.1 cm³/mol. The van der Waals surface area contributed by atoms with Crippen LogP contribution in [0.2, 0.25) is 0 Å². The molecule has 0 N–H and O–H groups in total. The third-order valence-electron chi connectivity index (χ3n) is 4.71. The fourth-order valence-corrected chi connectivity index (χ4v) is 3.42. The van der Waals surface area contributed by atoms with Gasteiger partial charge in [0.25, 0.3) is 0 Å². The van der Waals surface area contributed by atoms with Crippen LogP contribution in [-0.4, -0.2) is 46.7 Å². The van der Waals surface area contributed by atoms with Crippen LogP contribution in [0.4, 0.5) is 0 Å². The van der Waals surface area contributed by atoms with Gasteiger partial charge in [-0.2, -0.15) is 0 Å². The number of rotatable bonds is 3. The van der Waals surface area contributed by atoms with E-state index in [2.05, 4.69) is 29.6 Å². The molecular formula is C16H25N3O2. The second kappa shape index (κ2) is 6.18. The SMILES string of the molecule is CC(C)n1ccnc1C1CCN(C(=O)[C@@H]2CCOC2)CC1. The van der Waals surface area contributed by atoms with Gasteiger partial charge in [0.2, 0.25) is 5.91 Å². The molecule has 21 heavy (non-hydrogen) atoms. The number of aromatic nitrogens is 2. The molecule has 2 fully saturated rings. The first-order valence-electron chi connectivity index (χ1n) is 8.06. The number of imidazole rings is 1. The molecule has 0 saturated carbocycles. The van der Waals surface area contributed by atoms with Crippen molar-refractivity contribution >= 4 is 5.91 Å². The highest BCUT2D eigenvalue weighted by atomic mass is 16.5. The lowest BCUT2D eigenvalue weighted by Gasteiger charge is -2.33. The molecule has 3 rings (SSSR count). The molecule has 0 spiro atoms. The fourth-order valence-electron chi connectivity index (χ4n) is 3.42. The molecule has 2 aliphatic rings. The van der Waals surface area contributed by atoms with Gasteiger partial charge < -0.3 is 14.2 Å². The van der Waals surface area contributed by atoms with Gasteiger partial charge in [-0.05, 0) is 33.1 Å². The van der Waals surface area contributed by atoms with Crippen molar-refractivity contribution < 1.29 is 9.53 Å². The number of likely N-dealkylation sites (tertiary alicyclic amines) is 1. The number of hydrogen-bond donors (Lipinski definition) is 0. The molecule has 1 aromatic heterocycles. The van der Waals surface area contributed by atoms with E-state index in [4.69, 9.17) is 4.74 Å². The van der Waals surface area contributed by atoms with E-state index in [-0.39, 0.29) is 11.8 Å². The van der Waals surface area contributed by atoms with E-state index < -0.39 is 0 Å². The Morgan fingerprint density at radius 2 is 2.10 bits per heavy atom. The largest absolute Gasteiger partial charge is 0.381 e. The standard InChI is InChI=1S/C16H25N3O2/c1-12(2)19-9-6-17-15(19)13-3-7-18(8-4-13)16(20)14-5-10-21-11-14/h6,9,12-14H,3-5,7-8,10-11H2,1-2H3/t14-/m1/s1. The topological polar surface area (TPSA) is 47.4 Å². The minimum absolute atomic E-state index is 0.0965. The molecule has 2 aliphatic heterocycles. The summed E-state index contributed by atoms with van der Waals surface area (Å²) in [5.74, 6) is 2.05. The van der Waals surface area contributed by atoms with Crippen molar-refractivity contribution in [3.63, 3.8) is 0 Å². The van der Waals surface area contributed by atoms with Crippen LogP contribution in [0.15, 0.2) is 12.4 Å². The van der Waals surface area contributed by atoms with Gasteiger partial charge in [0.1, 0.15) is 5.82 Å². The average molecular weight is 291 g/mol. The Bertz CT molecular complexity index is 483. The zero-order valence-corrected chi connectivity index (χ0v) is 13.0. The molecule has 116 valence electrons. The maximum atomic E-state index is 12.4. The van der Waals surface area contributed by atoms with Crippen molar-refractivity contribution in [2.24, 2.45) is 5.92 Å². The predicted octanol–water partition coefficient (Wildman–Crippen LogP) is 2.21. The van der Waals surface area contributed by atoms with Gasteiger partial charge in [0, 0.05) is 44.0 Å². The summed E-state index contributed by atoms with van der Waals surface area (Å²) < 4.78 is 7.59. The van der Waals surface area contributed by atoms with Gasteiger partial charge in [-0.1, -0.05) is 0 Å². The van der Waals surface area contributed by atoms with E-state index in [1.54, 1.807) is 0 Å². The molecule has 3 heterocycles. The van der Waals surface area contributed by atoms with E-state index in [1.807, 2.05) is 11.1 Å². The highest BCUT2D eigenvalue weighted by molar-refractivity contribution is 5.79. The van der Waals surface area contributed by atoms with Gasteiger partial charge in [-0.3, -0.25) is 4.79 Å². The van der Waals surface area contributed by atoms with Crippen LogP contribution in [0.5, 0.6) is 0 Å². The van der Waals surface area contributed by atoms with Crippen LogP contribution in [0, 0.1) is 5.92 Å². The Kier molecular flexibility index (Phi) is 4.29. The molecule has 0 bridgehead atoms. The molecule has 5 nitrogen and oxygen atoms in total. The van der Waals surface area contributed by atoms with Crippen LogP contribution in [0.25, 0.3) is 0 Å². The quantitative estimate of drug-likeness (QED) is 0.858. The summed E-state index contributed by atoms with van der Waals surface area (Å²) in [6.45, 7) is 7.42. The highest BCUT2D eigenvalue weighted by Gasteiger charge is 2.32. The van der Waals surface area contributed by atoms with E-state index >= 15 is 0 Å². The Morgan fingerprint density at radius 3 is 2.71 bits per heavy atom. The van der Waals surface area contributed by atoms with Gasteiger partial charge in [-0.15, -0.1) is 0 Å². The number of carbonyl (C=O) groups is 1. The Morgan fingerprint density at radius 1 is 1.33 bits per heavy atom. The normalized spacial score (nSPS) is 24.0. The van der Waals surface area contributed by atoms with Crippen molar-refractivity contribution in [3.8, 4) is 0 Å². The van der Waals surface area contributed by atoms with E-state index in [0.29, 0.717) is 18.6 Å². The second-order valence-electron chi connectivity index (χ2n) is 6.45. The van der Waals surface area contributed by atoms with E-state index in [1.165, 1.54) is 5.82 Å². The van der Waals surface area contributed by atoms with Gasteiger partial charge >= 0.3 is 0 Å². The maximum absolute atomic E-state index is 12.4. The monoisotopic (exact) mass is 291 g/mol. The lowest BCUT2D eigenvalue weighted by Crippen LogP contribution is -2.41.